The van der Waals surface area contributed by atoms with Crippen molar-refractivity contribution in [1.82, 2.24) is 4.90 Å². The Morgan fingerprint density at radius 2 is 1.64 bits per heavy atom. The van der Waals surface area contributed by atoms with E-state index in [9.17, 15) is 14.0 Å². The van der Waals surface area contributed by atoms with Crippen molar-refractivity contribution in [2.75, 3.05) is 37.7 Å². The maximum absolute atomic E-state index is 13.0. The second-order valence-corrected chi connectivity index (χ2v) is 6.21. The van der Waals surface area contributed by atoms with E-state index in [1.54, 1.807) is 19.1 Å². The number of ether oxygens (including phenoxy) is 1. The predicted octanol–water partition coefficient (Wildman–Crippen LogP) is 2.99. The van der Waals surface area contributed by atoms with Gasteiger partial charge in [0.1, 0.15) is 5.82 Å². The van der Waals surface area contributed by atoms with E-state index in [1.807, 2.05) is 4.90 Å². The summed E-state index contributed by atoms with van der Waals surface area (Å²) >= 11 is 0. The van der Waals surface area contributed by atoms with E-state index in [2.05, 4.69) is 4.90 Å². The number of anilines is 1. The minimum Gasteiger partial charge on any atom is -0.466 e. The van der Waals surface area contributed by atoms with Crippen LogP contribution in [0.5, 0.6) is 0 Å². The molecule has 5 nitrogen and oxygen atoms in total. The maximum Gasteiger partial charge on any atom is 0.305 e. The zero-order valence-electron chi connectivity index (χ0n) is 14.9. The van der Waals surface area contributed by atoms with Gasteiger partial charge in [0.25, 0.3) is 0 Å². The molecule has 0 unspecified atom stereocenters. The Morgan fingerprint density at radius 3 is 2.28 bits per heavy atom. The van der Waals surface area contributed by atoms with Crippen molar-refractivity contribution < 1.29 is 18.7 Å². The number of nitrogens with zero attached hydrogens (tertiary/aromatic N) is 2. The molecule has 1 aliphatic rings. The number of esters is 1. The molecule has 0 aliphatic carbocycles. The third kappa shape index (κ3) is 6.36. The summed E-state index contributed by atoms with van der Waals surface area (Å²) in [5.74, 6) is -0.221. The largest absolute Gasteiger partial charge is 0.466 e. The molecule has 0 radical (unpaired) electrons. The highest BCUT2D eigenvalue weighted by Gasteiger charge is 2.20. The van der Waals surface area contributed by atoms with Crippen molar-refractivity contribution >= 4 is 17.6 Å². The Balaban J connectivity index is 1.62. The first-order valence-electron chi connectivity index (χ1n) is 9.04. The van der Waals surface area contributed by atoms with Crippen LogP contribution in [0.1, 0.15) is 39.0 Å². The second-order valence-electron chi connectivity index (χ2n) is 6.21. The lowest BCUT2D eigenvalue weighted by Gasteiger charge is -2.36. The molecule has 1 amide bonds. The molecular formula is C19H27FN2O3. The Kier molecular flexibility index (Phi) is 7.70. The molecule has 138 valence electrons. The number of carbonyl (C=O) groups excluding carboxylic acids is 2. The van der Waals surface area contributed by atoms with Gasteiger partial charge in [-0.1, -0.05) is 6.42 Å². The fourth-order valence-electron chi connectivity index (χ4n) is 2.98. The first kappa shape index (κ1) is 19.2. The van der Waals surface area contributed by atoms with Crippen molar-refractivity contribution in [3.8, 4) is 0 Å². The summed E-state index contributed by atoms with van der Waals surface area (Å²) in [4.78, 5) is 27.5. The highest BCUT2D eigenvalue weighted by molar-refractivity contribution is 5.76. The molecule has 0 bridgehead atoms. The van der Waals surface area contributed by atoms with Crippen molar-refractivity contribution in [2.24, 2.45) is 0 Å². The van der Waals surface area contributed by atoms with E-state index < -0.39 is 0 Å². The van der Waals surface area contributed by atoms with Crippen molar-refractivity contribution in [3.05, 3.63) is 30.1 Å². The minimum absolute atomic E-state index is 0.161. The van der Waals surface area contributed by atoms with Crippen molar-refractivity contribution in [1.29, 1.82) is 0 Å². The zero-order chi connectivity index (χ0) is 18.1. The van der Waals surface area contributed by atoms with Crippen LogP contribution in [0.25, 0.3) is 0 Å². The zero-order valence-corrected chi connectivity index (χ0v) is 14.9. The van der Waals surface area contributed by atoms with Gasteiger partial charge >= 0.3 is 5.97 Å². The topological polar surface area (TPSA) is 49.9 Å². The van der Waals surface area contributed by atoms with E-state index in [4.69, 9.17) is 4.74 Å². The van der Waals surface area contributed by atoms with Crippen LogP contribution in [-0.4, -0.2) is 49.6 Å². The maximum atomic E-state index is 13.0. The molecule has 1 aliphatic heterocycles. The molecule has 25 heavy (non-hydrogen) atoms. The van der Waals surface area contributed by atoms with Crippen LogP contribution < -0.4 is 4.90 Å². The van der Waals surface area contributed by atoms with Crippen LogP contribution in [-0.2, 0) is 14.3 Å². The van der Waals surface area contributed by atoms with Crippen molar-refractivity contribution in [3.63, 3.8) is 0 Å². The SMILES string of the molecule is CCOC(=O)CCCCCC(=O)N1CCN(c2ccc(F)cc2)CC1. The van der Waals surface area contributed by atoms with Gasteiger partial charge < -0.3 is 14.5 Å². The number of piperazine rings is 1. The summed E-state index contributed by atoms with van der Waals surface area (Å²) in [7, 11) is 0. The summed E-state index contributed by atoms with van der Waals surface area (Å²) in [5.41, 5.74) is 0.993. The molecule has 0 atom stereocenters. The highest BCUT2D eigenvalue weighted by Crippen LogP contribution is 2.17. The number of halogens is 1. The summed E-state index contributed by atoms with van der Waals surface area (Å²) < 4.78 is 17.9. The number of amides is 1. The summed E-state index contributed by atoms with van der Waals surface area (Å²) in [6, 6.07) is 6.47. The number of hydrogen-bond donors (Lipinski definition) is 0. The second kappa shape index (κ2) is 10.0. The molecule has 1 heterocycles. The van der Waals surface area contributed by atoms with E-state index in [1.165, 1.54) is 12.1 Å². The summed E-state index contributed by atoms with van der Waals surface area (Å²) in [6.45, 7) is 5.13. The molecule has 1 fully saturated rings. The van der Waals surface area contributed by atoms with Crippen LogP contribution in [0, 0.1) is 5.82 Å². The lowest BCUT2D eigenvalue weighted by atomic mass is 10.1. The summed E-state index contributed by atoms with van der Waals surface area (Å²) in [5, 5.41) is 0. The lowest BCUT2D eigenvalue weighted by Crippen LogP contribution is -2.48. The molecule has 0 N–H and O–H groups in total. The third-order valence-corrected chi connectivity index (χ3v) is 4.40. The standard InChI is InChI=1S/C19H27FN2O3/c1-2-25-19(24)7-5-3-4-6-18(23)22-14-12-21(13-15-22)17-10-8-16(20)9-11-17/h8-11H,2-7,12-15H2,1H3. The molecule has 0 spiro atoms. The molecule has 0 aromatic heterocycles. The van der Waals surface area contributed by atoms with E-state index in [0.717, 1.165) is 38.0 Å². The minimum atomic E-state index is -0.236. The quantitative estimate of drug-likeness (QED) is 0.534. The van der Waals surface area contributed by atoms with Gasteiger partial charge in [-0.25, -0.2) is 4.39 Å². The number of hydrogen-bond acceptors (Lipinski definition) is 4. The van der Waals surface area contributed by atoms with Gasteiger partial charge in [0, 0.05) is 44.7 Å². The van der Waals surface area contributed by atoms with Crippen LogP contribution in [0.2, 0.25) is 0 Å². The number of unbranched alkanes of at least 4 members (excludes halogenated alkanes) is 2. The van der Waals surface area contributed by atoms with E-state index in [-0.39, 0.29) is 17.7 Å². The smallest absolute Gasteiger partial charge is 0.305 e. The number of carbonyl (C=O) groups is 2. The van der Waals surface area contributed by atoms with Crippen molar-refractivity contribution in [2.45, 2.75) is 39.0 Å². The Morgan fingerprint density at radius 1 is 1.00 bits per heavy atom. The predicted molar refractivity (Wildman–Crippen MR) is 94.9 cm³/mol. The van der Waals surface area contributed by atoms with Gasteiger partial charge in [-0.05, 0) is 44.0 Å². The molecular weight excluding hydrogens is 323 g/mol. The number of rotatable bonds is 8. The average Bonchev–Trinajstić information content (AvgIpc) is 2.62. The molecule has 1 aromatic carbocycles. The Bertz CT molecular complexity index is 554. The average molecular weight is 350 g/mol. The Labute approximate surface area is 148 Å². The van der Waals surface area contributed by atoms with Gasteiger partial charge in [-0.15, -0.1) is 0 Å². The normalized spacial score (nSPS) is 14.5. The highest BCUT2D eigenvalue weighted by atomic mass is 19.1. The molecule has 1 aromatic rings. The van der Waals surface area contributed by atoms with Gasteiger partial charge in [0.2, 0.25) is 5.91 Å². The van der Waals surface area contributed by atoms with Gasteiger partial charge in [-0.2, -0.15) is 0 Å². The lowest BCUT2D eigenvalue weighted by molar-refractivity contribution is -0.143. The molecule has 0 saturated carbocycles. The van der Waals surface area contributed by atoms with Crippen LogP contribution in [0.3, 0.4) is 0 Å². The van der Waals surface area contributed by atoms with E-state index in [0.29, 0.717) is 32.5 Å². The third-order valence-electron chi connectivity index (χ3n) is 4.40. The first-order valence-corrected chi connectivity index (χ1v) is 9.04. The van der Waals surface area contributed by atoms with Crippen LogP contribution in [0.4, 0.5) is 10.1 Å². The molecule has 6 heteroatoms. The number of benzene rings is 1. The molecule has 1 saturated heterocycles. The van der Waals surface area contributed by atoms with Gasteiger partial charge in [0.15, 0.2) is 0 Å². The van der Waals surface area contributed by atoms with Gasteiger partial charge in [-0.3, -0.25) is 9.59 Å². The monoisotopic (exact) mass is 350 g/mol. The fourth-order valence-corrected chi connectivity index (χ4v) is 2.98. The van der Waals surface area contributed by atoms with Crippen LogP contribution >= 0.6 is 0 Å². The summed E-state index contributed by atoms with van der Waals surface area (Å²) in [6.07, 6.45) is 3.39. The van der Waals surface area contributed by atoms with E-state index >= 15 is 0 Å². The Hall–Kier alpha value is -2.11. The van der Waals surface area contributed by atoms with Crippen LogP contribution in [0.15, 0.2) is 24.3 Å². The first-order chi connectivity index (χ1) is 12.1. The van der Waals surface area contributed by atoms with Gasteiger partial charge in [0.05, 0.1) is 6.61 Å². The fraction of sp³-hybridized carbons (Fsp3) is 0.579. The molecule has 2 rings (SSSR count).